The van der Waals surface area contributed by atoms with Crippen molar-refractivity contribution >= 4 is 21.9 Å². The zero-order valence-electron chi connectivity index (χ0n) is 31.4. The summed E-state index contributed by atoms with van der Waals surface area (Å²) in [4.78, 5) is 10.4. The highest BCUT2D eigenvalue weighted by atomic mass is 16.3. The first-order chi connectivity index (χ1) is 28.1. The van der Waals surface area contributed by atoms with Crippen molar-refractivity contribution in [1.82, 2.24) is 9.97 Å². The van der Waals surface area contributed by atoms with Gasteiger partial charge in [-0.1, -0.05) is 170 Å². The van der Waals surface area contributed by atoms with Crippen molar-refractivity contribution in [3.05, 3.63) is 217 Å². The van der Waals surface area contributed by atoms with Gasteiger partial charge in [0.2, 0.25) is 0 Å². The Bertz CT molecular complexity index is 3130. The molecule has 3 heteroatoms. The number of benzene rings is 8. The van der Waals surface area contributed by atoms with Crippen LogP contribution in [0, 0.1) is 0 Å². The quantitative estimate of drug-likeness (QED) is 0.171. The molecule has 0 fully saturated rings. The molecule has 11 rings (SSSR count). The molecule has 0 radical (unpaired) electrons. The summed E-state index contributed by atoms with van der Waals surface area (Å²) in [6.45, 7) is 2.39. The monoisotopic (exact) mass is 728 g/mol. The van der Waals surface area contributed by atoms with E-state index < -0.39 is 0 Å². The van der Waals surface area contributed by atoms with Crippen molar-refractivity contribution in [3.8, 4) is 67.3 Å². The number of furan rings is 1. The zero-order valence-corrected chi connectivity index (χ0v) is 31.4. The molecule has 10 aromatic rings. The second-order valence-corrected chi connectivity index (χ2v) is 15.0. The maximum Gasteiger partial charge on any atom is 0.160 e. The molecule has 2 aromatic heterocycles. The highest BCUT2D eigenvalue weighted by Crippen LogP contribution is 2.56. The van der Waals surface area contributed by atoms with E-state index in [-0.39, 0.29) is 5.41 Å². The van der Waals surface area contributed by atoms with Crippen LogP contribution in [0.15, 0.2) is 205 Å². The molecule has 1 aliphatic rings. The van der Waals surface area contributed by atoms with Gasteiger partial charge in [0.15, 0.2) is 5.82 Å². The molecule has 1 aliphatic carbocycles. The number of rotatable bonds is 6. The molecule has 1 unspecified atom stereocenters. The number of fused-ring (bicyclic) bond motifs is 6. The summed E-state index contributed by atoms with van der Waals surface area (Å²) in [5.41, 5.74) is 17.2. The third-order valence-corrected chi connectivity index (χ3v) is 11.8. The van der Waals surface area contributed by atoms with Crippen LogP contribution in [0.1, 0.15) is 23.6 Å². The Labute approximate surface area is 331 Å². The molecule has 0 saturated carbocycles. The lowest BCUT2D eigenvalue weighted by Gasteiger charge is -2.29. The van der Waals surface area contributed by atoms with Crippen LogP contribution in [-0.2, 0) is 5.41 Å². The molecule has 0 N–H and O–H groups in total. The molecule has 0 saturated heterocycles. The highest BCUT2D eigenvalue weighted by molar-refractivity contribution is 6.09. The standard InChI is InChI=1S/C54H36N2O/c1-54(40-22-9-4-10-23-40)46-28-15-25-41(35-16-5-2-6-17-35)51(46)44-31-30-38(33-47(44)54)37-20-13-21-39(32-37)48-34-49(56-53(55-48)36-18-7-3-8-19-36)45-27-14-26-43-42-24-11-12-29-50(42)57-52(43)45/h2-34H,1H3. The minimum atomic E-state index is -0.339. The van der Waals surface area contributed by atoms with Gasteiger partial charge in [-0.15, -0.1) is 0 Å². The van der Waals surface area contributed by atoms with Crippen LogP contribution in [0.4, 0.5) is 0 Å². The molecule has 8 aromatic carbocycles. The predicted octanol–water partition coefficient (Wildman–Crippen LogP) is 14.0. The summed E-state index contributed by atoms with van der Waals surface area (Å²) in [6, 6.07) is 71.1. The highest BCUT2D eigenvalue weighted by Gasteiger charge is 2.42. The fourth-order valence-corrected chi connectivity index (χ4v) is 8.96. The Morgan fingerprint density at radius 2 is 1.02 bits per heavy atom. The smallest absolute Gasteiger partial charge is 0.160 e. The number of para-hydroxylation sites is 2. The van der Waals surface area contributed by atoms with E-state index >= 15 is 0 Å². The van der Waals surface area contributed by atoms with Gasteiger partial charge in [0.1, 0.15) is 11.2 Å². The Kier molecular flexibility index (Phi) is 7.61. The SMILES string of the molecule is CC1(c2ccccc2)c2cc(-c3cccc(-c4cc(-c5cccc6c5oc5ccccc56)nc(-c5ccccc5)n4)c3)ccc2-c2c(-c3ccccc3)cccc21. The number of hydrogen-bond donors (Lipinski definition) is 0. The van der Waals surface area contributed by atoms with Crippen LogP contribution in [0.3, 0.4) is 0 Å². The van der Waals surface area contributed by atoms with E-state index in [0.29, 0.717) is 5.82 Å². The number of hydrogen-bond acceptors (Lipinski definition) is 3. The molecule has 57 heavy (non-hydrogen) atoms. The molecule has 1 atom stereocenters. The Balaban J connectivity index is 1.07. The van der Waals surface area contributed by atoms with E-state index in [9.17, 15) is 0 Å². The Hall–Kier alpha value is -7.36. The van der Waals surface area contributed by atoms with Crippen molar-refractivity contribution in [1.29, 1.82) is 0 Å². The van der Waals surface area contributed by atoms with Crippen molar-refractivity contribution in [2.75, 3.05) is 0 Å². The average Bonchev–Trinajstić information content (AvgIpc) is 3.80. The van der Waals surface area contributed by atoms with E-state index in [1.54, 1.807) is 0 Å². The summed E-state index contributed by atoms with van der Waals surface area (Å²) in [7, 11) is 0. The van der Waals surface area contributed by atoms with Gasteiger partial charge in [-0.05, 0) is 87.3 Å². The molecule has 0 aliphatic heterocycles. The Morgan fingerprint density at radius 1 is 0.404 bits per heavy atom. The first-order valence-corrected chi connectivity index (χ1v) is 19.5. The Morgan fingerprint density at radius 3 is 1.84 bits per heavy atom. The van der Waals surface area contributed by atoms with Gasteiger partial charge < -0.3 is 4.42 Å². The van der Waals surface area contributed by atoms with Crippen LogP contribution in [0.25, 0.3) is 89.2 Å². The summed E-state index contributed by atoms with van der Waals surface area (Å²) >= 11 is 0. The fourth-order valence-electron chi connectivity index (χ4n) is 8.96. The summed E-state index contributed by atoms with van der Waals surface area (Å²) in [5.74, 6) is 0.671. The topological polar surface area (TPSA) is 38.9 Å². The molecular formula is C54H36N2O. The van der Waals surface area contributed by atoms with E-state index in [2.05, 4.69) is 177 Å². The van der Waals surface area contributed by atoms with Crippen molar-refractivity contribution in [2.45, 2.75) is 12.3 Å². The molecule has 268 valence electrons. The zero-order chi connectivity index (χ0) is 37.9. The third-order valence-electron chi connectivity index (χ3n) is 11.8. The molecule has 0 spiro atoms. The minimum Gasteiger partial charge on any atom is -0.455 e. The van der Waals surface area contributed by atoms with Gasteiger partial charge in [0.05, 0.1) is 11.4 Å². The predicted molar refractivity (Wildman–Crippen MR) is 234 cm³/mol. The van der Waals surface area contributed by atoms with Gasteiger partial charge in [-0.2, -0.15) is 0 Å². The second-order valence-electron chi connectivity index (χ2n) is 15.0. The summed E-state index contributed by atoms with van der Waals surface area (Å²) < 4.78 is 6.49. The summed E-state index contributed by atoms with van der Waals surface area (Å²) in [6.07, 6.45) is 0. The largest absolute Gasteiger partial charge is 0.455 e. The van der Waals surface area contributed by atoms with Crippen molar-refractivity contribution < 1.29 is 4.42 Å². The lowest BCUT2D eigenvalue weighted by molar-refractivity contribution is 0.670. The van der Waals surface area contributed by atoms with E-state index in [1.165, 1.54) is 38.9 Å². The lowest BCUT2D eigenvalue weighted by Crippen LogP contribution is -2.22. The molecule has 0 amide bonds. The van der Waals surface area contributed by atoms with E-state index in [0.717, 1.165) is 61.1 Å². The normalized spacial score (nSPS) is 14.5. The van der Waals surface area contributed by atoms with Gasteiger partial charge in [-0.25, -0.2) is 9.97 Å². The average molecular weight is 729 g/mol. The van der Waals surface area contributed by atoms with Crippen LogP contribution < -0.4 is 0 Å². The fraction of sp³-hybridized carbons (Fsp3) is 0.0370. The van der Waals surface area contributed by atoms with Gasteiger partial charge in [-0.3, -0.25) is 0 Å². The molecule has 0 bridgehead atoms. The van der Waals surface area contributed by atoms with Crippen LogP contribution in [-0.4, -0.2) is 9.97 Å². The van der Waals surface area contributed by atoms with Gasteiger partial charge in [0.25, 0.3) is 0 Å². The molecular weight excluding hydrogens is 693 g/mol. The summed E-state index contributed by atoms with van der Waals surface area (Å²) in [5, 5.41) is 2.17. The van der Waals surface area contributed by atoms with Crippen molar-refractivity contribution in [2.24, 2.45) is 0 Å². The lowest BCUT2D eigenvalue weighted by atomic mass is 9.73. The van der Waals surface area contributed by atoms with Crippen molar-refractivity contribution in [3.63, 3.8) is 0 Å². The number of aromatic nitrogens is 2. The van der Waals surface area contributed by atoms with Crippen LogP contribution >= 0.6 is 0 Å². The second kappa shape index (κ2) is 13.1. The van der Waals surface area contributed by atoms with Gasteiger partial charge >= 0.3 is 0 Å². The molecule has 2 heterocycles. The number of nitrogens with zero attached hydrogens (tertiary/aromatic N) is 2. The first kappa shape index (κ1) is 33.0. The molecule has 3 nitrogen and oxygen atoms in total. The first-order valence-electron chi connectivity index (χ1n) is 19.5. The third kappa shape index (κ3) is 5.35. The maximum atomic E-state index is 6.49. The van der Waals surface area contributed by atoms with E-state index in [1.807, 2.05) is 30.3 Å². The minimum absolute atomic E-state index is 0.339. The maximum absolute atomic E-state index is 6.49. The van der Waals surface area contributed by atoms with Crippen LogP contribution in [0.2, 0.25) is 0 Å². The van der Waals surface area contributed by atoms with Gasteiger partial charge in [0, 0.05) is 32.9 Å². The van der Waals surface area contributed by atoms with E-state index in [4.69, 9.17) is 14.4 Å². The van der Waals surface area contributed by atoms with Crippen LogP contribution in [0.5, 0.6) is 0 Å².